The van der Waals surface area contributed by atoms with Gasteiger partial charge in [0.05, 0.1) is 23.4 Å². The second kappa shape index (κ2) is 8.59. The summed E-state index contributed by atoms with van der Waals surface area (Å²) in [5.41, 5.74) is 1.45. The SMILES string of the molecule is CC(C(=O)Nc1ccc2c(c1)OCCO2)N1CCN(c2ccc(C#N)cc2F)CC1. The molecule has 4 rings (SSSR count). The van der Waals surface area contributed by atoms with Gasteiger partial charge in [-0.3, -0.25) is 9.69 Å². The predicted octanol–water partition coefficient (Wildman–Crippen LogP) is 2.62. The number of nitriles is 1. The van der Waals surface area contributed by atoms with Crippen molar-refractivity contribution in [3.8, 4) is 17.6 Å². The fourth-order valence-corrected chi connectivity index (χ4v) is 3.72. The van der Waals surface area contributed by atoms with Crippen LogP contribution in [0.15, 0.2) is 36.4 Å². The van der Waals surface area contributed by atoms with Crippen molar-refractivity contribution in [2.75, 3.05) is 49.6 Å². The number of amides is 1. The first-order valence-corrected chi connectivity index (χ1v) is 9.94. The first-order chi connectivity index (χ1) is 14.5. The number of carbonyl (C=O) groups excluding carboxylic acids is 1. The van der Waals surface area contributed by atoms with E-state index in [1.54, 1.807) is 30.3 Å². The van der Waals surface area contributed by atoms with E-state index in [4.69, 9.17) is 14.7 Å². The number of hydrogen-bond acceptors (Lipinski definition) is 6. The molecule has 1 saturated heterocycles. The molecule has 0 bridgehead atoms. The van der Waals surface area contributed by atoms with Gasteiger partial charge in [0.15, 0.2) is 11.5 Å². The summed E-state index contributed by atoms with van der Waals surface area (Å²) >= 11 is 0. The molecular weight excluding hydrogens is 387 g/mol. The van der Waals surface area contributed by atoms with Crippen molar-refractivity contribution in [3.63, 3.8) is 0 Å². The topological polar surface area (TPSA) is 77.8 Å². The molecule has 2 aromatic carbocycles. The second-order valence-electron chi connectivity index (χ2n) is 7.32. The van der Waals surface area contributed by atoms with Crippen LogP contribution in [0.2, 0.25) is 0 Å². The van der Waals surface area contributed by atoms with Gasteiger partial charge < -0.3 is 19.7 Å². The Morgan fingerprint density at radius 3 is 2.53 bits per heavy atom. The largest absolute Gasteiger partial charge is 0.486 e. The second-order valence-corrected chi connectivity index (χ2v) is 7.32. The zero-order valence-electron chi connectivity index (χ0n) is 16.7. The van der Waals surface area contributed by atoms with Gasteiger partial charge in [-0.1, -0.05) is 0 Å². The normalized spacial score (nSPS) is 17.2. The minimum absolute atomic E-state index is 0.107. The highest BCUT2D eigenvalue weighted by atomic mass is 19.1. The quantitative estimate of drug-likeness (QED) is 0.835. The van der Waals surface area contributed by atoms with Crippen molar-refractivity contribution >= 4 is 17.3 Å². The van der Waals surface area contributed by atoms with E-state index in [9.17, 15) is 9.18 Å². The summed E-state index contributed by atoms with van der Waals surface area (Å²) in [6.07, 6.45) is 0. The molecule has 0 spiro atoms. The van der Waals surface area contributed by atoms with Crippen molar-refractivity contribution in [1.82, 2.24) is 4.90 Å². The standard InChI is InChI=1S/C22H23FN4O3/c1-15(22(28)25-17-3-5-20-21(13-17)30-11-10-29-20)26-6-8-27(9-7-26)19-4-2-16(14-24)12-18(19)23/h2-5,12-13,15H,6-11H2,1H3,(H,25,28). The lowest BCUT2D eigenvalue weighted by Crippen LogP contribution is -2.53. The van der Waals surface area contributed by atoms with E-state index in [1.807, 2.05) is 17.9 Å². The number of rotatable bonds is 4. The van der Waals surface area contributed by atoms with Crippen LogP contribution in [0.25, 0.3) is 0 Å². The Balaban J connectivity index is 1.34. The third-order valence-electron chi connectivity index (χ3n) is 5.47. The van der Waals surface area contributed by atoms with E-state index in [2.05, 4.69) is 10.2 Å². The minimum Gasteiger partial charge on any atom is -0.486 e. The van der Waals surface area contributed by atoms with Crippen LogP contribution in [-0.4, -0.2) is 56.2 Å². The van der Waals surface area contributed by atoms with Crippen molar-refractivity contribution in [2.45, 2.75) is 13.0 Å². The molecule has 0 saturated carbocycles. The zero-order chi connectivity index (χ0) is 21.1. The Hall–Kier alpha value is -3.31. The molecule has 1 unspecified atom stereocenters. The summed E-state index contributed by atoms with van der Waals surface area (Å²) in [4.78, 5) is 16.7. The maximum absolute atomic E-state index is 14.3. The molecule has 2 aliphatic rings. The van der Waals surface area contributed by atoms with Crippen LogP contribution in [0.3, 0.4) is 0 Å². The Morgan fingerprint density at radius 1 is 1.10 bits per heavy atom. The minimum atomic E-state index is -0.396. The van der Waals surface area contributed by atoms with E-state index < -0.39 is 5.82 Å². The fourth-order valence-electron chi connectivity index (χ4n) is 3.72. The fraction of sp³-hybridized carbons (Fsp3) is 0.364. The number of benzene rings is 2. The van der Waals surface area contributed by atoms with Crippen LogP contribution in [0, 0.1) is 17.1 Å². The van der Waals surface area contributed by atoms with Gasteiger partial charge in [-0.2, -0.15) is 5.26 Å². The molecular formula is C22H23FN4O3. The Morgan fingerprint density at radius 2 is 1.83 bits per heavy atom. The number of carbonyl (C=O) groups is 1. The lowest BCUT2D eigenvalue weighted by molar-refractivity contribution is -0.120. The highest BCUT2D eigenvalue weighted by Gasteiger charge is 2.27. The van der Waals surface area contributed by atoms with Gasteiger partial charge >= 0.3 is 0 Å². The first kappa shape index (κ1) is 20.0. The summed E-state index contributed by atoms with van der Waals surface area (Å²) in [6.45, 7) is 5.35. The van der Waals surface area contributed by atoms with Crippen molar-refractivity contribution in [3.05, 3.63) is 47.8 Å². The molecule has 0 radical (unpaired) electrons. The van der Waals surface area contributed by atoms with Gasteiger partial charge in [0.1, 0.15) is 19.0 Å². The third kappa shape index (κ3) is 4.16. The first-order valence-electron chi connectivity index (χ1n) is 9.94. The lowest BCUT2D eigenvalue weighted by atomic mass is 10.1. The van der Waals surface area contributed by atoms with Crippen LogP contribution >= 0.6 is 0 Å². The summed E-state index contributed by atoms with van der Waals surface area (Å²) in [5, 5.41) is 11.8. The molecule has 1 atom stereocenters. The summed E-state index contributed by atoms with van der Waals surface area (Å²) in [6, 6.07) is 11.5. The Bertz CT molecular complexity index is 983. The van der Waals surface area contributed by atoms with E-state index in [-0.39, 0.29) is 11.9 Å². The van der Waals surface area contributed by atoms with Crippen LogP contribution in [-0.2, 0) is 4.79 Å². The summed E-state index contributed by atoms with van der Waals surface area (Å²) in [5.74, 6) is 0.805. The molecule has 2 aromatic rings. The summed E-state index contributed by atoms with van der Waals surface area (Å²) < 4.78 is 25.3. The Labute approximate surface area is 174 Å². The zero-order valence-corrected chi connectivity index (χ0v) is 16.7. The highest BCUT2D eigenvalue weighted by Crippen LogP contribution is 2.32. The van der Waals surface area contributed by atoms with Gasteiger partial charge in [-0.05, 0) is 37.3 Å². The molecule has 0 aromatic heterocycles. The summed E-state index contributed by atoms with van der Waals surface area (Å²) in [7, 11) is 0. The number of fused-ring (bicyclic) bond motifs is 1. The van der Waals surface area contributed by atoms with Gasteiger partial charge in [0.25, 0.3) is 0 Å². The molecule has 0 aliphatic carbocycles. The van der Waals surface area contributed by atoms with Crippen LogP contribution in [0.4, 0.5) is 15.8 Å². The average Bonchev–Trinajstić information content (AvgIpc) is 2.78. The number of nitrogens with zero attached hydrogens (tertiary/aromatic N) is 3. The Kier molecular flexibility index (Phi) is 5.72. The molecule has 1 fully saturated rings. The van der Waals surface area contributed by atoms with Crippen molar-refractivity contribution < 1.29 is 18.7 Å². The van der Waals surface area contributed by atoms with Crippen molar-refractivity contribution in [1.29, 1.82) is 5.26 Å². The van der Waals surface area contributed by atoms with Gasteiger partial charge in [0.2, 0.25) is 5.91 Å². The highest BCUT2D eigenvalue weighted by molar-refractivity contribution is 5.94. The number of halogens is 1. The lowest BCUT2D eigenvalue weighted by Gasteiger charge is -2.38. The monoisotopic (exact) mass is 410 g/mol. The van der Waals surface area contributed by atoms with Gasteiger partial charge in [-0.25, -0.2) is 4.39 Å². The number of piperazine rings is 1. The van der Waals surface area contributed by atoms with E-state index in [0.717, 1.165) is 0 Å². The maximum atomic E-state index is 14.3. The number of ether oxygens (including phenoxy) is 2. The number of hydrogen-bond donors (Lipinski definition) is 1. The molecule has 8 heteroatoms. The predicted molar refractivity (Wildman–Crippen MR) is 110 cm³/mol. The smallest absolute Gasteiger partial charge is 0.241 e. The molecule has 7 nitrogen and oxygen atoms in total. The average molecular weight is 410 g/mol. The molecule has 2 aliphatic heterocycles. The molecule has 1 amide bonds. The maximum Gasteiger partial charge on any atom is 0.241 e. The third-order valence-corrected chi connectivity index (χ3v) is 5.47. The van der Waals surface area contributed by atoms with Gasteiger partial charge in [-0.15, -0.1) is 0 Å². The molecule has 2 heterocycles. The number of nitrogens with one attached hydrogen (secondary N) is 1. The molecule has 156 valence electrons. The van der Waals surface area contributed by atoms with E-state index >= 15 is 0 Å². The molecule has 30 heavy (non-hydrogen) atoms. The van der Waals surface area contributed by atoms with Crippen LogP contribution in [0.1, 0.15) is 12.5 Å². The van der Waals surface area contributed by atoms with Crippen LogP contribution in [0.5, 0.6) is 11.5 Å². The van der Waals surface area contributed by atoms with Gasteiger partial charge in [0, 0.05) is 37.9 Å². The van der Waals surface area contributed by atoms with Crippen molar-refractivity contribution in [2.24, 2.45) is 0 Å². The van der Waals surface area contributed by atoms with Crippen LogP contribution < -0.4 is 19.7 Å². The van der Waals surface area contributed by atoms with E-state index in [0.29, 0.717) is 67.8 Å². The van der Waals surface area contributed by atoms with E-state index in [1.165, 1.54) is 6.07 Å². The number of anilines is 2. The molecule has 1 N–H and O–H groups in total.